The highest BCUT2D eigenvalue weighted by molar-refractivity contribution is 5.93. The minimum absolute atomic E-state index is 0.0215. The first-order chi connectivity index (χ1) is 28.0. The molecule has 2 aromatic heterocycles. The zero-order chi connectivity index (χ0) is 40.3. The van der Waals surface area contributed by atoms with Crippen LogP contribution in [0.15, 0.2) is 120 Å². The molecule has 0 unspecified atom stereocenters. The summed E-state index contributed by atoms with van der Waals surface area (Å²) < 4.78 is 0. The summed E-state index contributed by atoms with van der Waals surface area (Å²) >= 11 is 0. The molecule has 2 saturated carbocycles. The van der Waals surface area contributed by atoms with Gasteiger partial charge in [-0.15, -0.1) is 0 Å². The van der Waals surface area contributed by atoms with Gasteiger partial charge in [-0.25, -0.2) is 0 Å². The highest BCUT2D eigenvalue weighted by Gasteiger charge is 2.50. The lowest BCUT2D eigenvalue weighted by Gasteiger charge is -2.39. The average Bonchev–Trinajstić information content (AvgIpc) is 3.68. The second-order valence-electron chi connectivity index (χ2n) is 17.9. The van der Waals surface area contributed by atoms with Gasteiger partial charge >= 0.3 is 0 Å². The van der Waals surface area contributed by atoms with Crippen molar-refractivity contribution in [2.75, 3.05) is 0 Å². The Morgan fingerprint density at radius 3 is 1.07 bits per heavy atom. The summed E-state index contributed by atoms with van der Waals surface area (Å²) in [6.45, 7) is 17.4. The molecule has 58 heavy (non-hydrogen) atoms. The number of hydrogen-bond acceptors (Lipinski definition) is 2. The maximum Gasteiger partial charge on any atom is 0.0444 e. The van der Waals surface area contributed by atoms with E-state index in [4.69, 9.17) is 9.97 Å². The SMILES string of the molecule is Cc1ccc(C2=C3CCCC[C@@]3(c3ccc(C)cc3)c3c2cc(C)nc3C)cc1.Cc1ccc(C2=C3CCCC[C@]3(c3ccc(C)cc3)c3c2cc(C)nc3C)cc1. The van der Waals surface area contributed by atoms with Crippen molar-refractivity contribution < 1.29 is 0 Å². The van der Waals surface area contributed by atoms with Gasteiger partial charge in [0.2, 0.25) is 0 Å². The van der Waals surface area contributed by atoms with Gasteiger partial charge in [0.1, 0.15) is 0 Å². The van der Waals surface area contributed by atoms with Crippen molar-refractivity contribution in [1.82, 2.24) is 9.97 Å². The average molecular weight is 759 g/mol. The molecule has 6 aromatic rings. The highest BCUT2D eigenvalue weighted by atomic mass is 14.7. The molecule has 0 aliphatic heterocycles. The fourth-order valence-corrected chi connectivity index (χ4v) is 11.5. The first kappa shape index (κ1) is 38.2. The largest absolute Gasteiger partial charge is 0.258 e. The summed E-state index contributed by atoms with van der Waals surface area (Å²) in [4.78, 5) is 9.88. The lowest BCUT2D eigenvalue weighted by Crippen LogP contribution is -2.32. The third kappa shape index (κ3) is 6.14. The zero-order valence-electron chi connectivity index (χ0n) is 35.9. The summed E-state index contributed by atoms with van der Waals surface area (Å²) in [6, 6.07) is 41.5. The van der Waals surface area contributed by atoms with Crippen LogP contribution < -0.4 is 0 Å². The van der Waals surface area contributed by atoms with Crippen LogP contribution >= 0.6 is 0 Å². The summed E-state index contributed by atoms with van der Waals surface area (Å²) in [6.07, 6.45) is 9.79. The van der Waals surface area contributed by atoms with Crippen LogP contribution in [0.4, 0.5) is 0 Å². The molecule has 0 spiro atoms. The van der Waals surface area contributed by atoms with E-state index in [1.54, 1.807) is 11.1 Å². The second-order valence-corrected chi connectivity index (χ2v) is 17.9. The van der Waals surface area contributed by atoms with E-state index < -0.39 is 0 Å². The van der Waals surface area contributed by atoms with Crippen molar-refractivity contribution in [3.05, 3.63) is 210 Å². The van der Waals surface area contributed by atoms with Crippen LogP contribution in [0.1, 0.15) is 141 Å². The van der Waals surface area contributed by atoms with Crippen LogP contribution in [-0.4, -0.2) is 9.97 Å². The fraction of sp³-hybridized carbons (Fsp3) is 0.321. The van der Waals surface area contributed by atoms with Gasteiger partial charge in [-0.3, -0.25) is 9.97 Å². The Kier molecular flexibility index (Phi) is 9.74. The number of hydrogen-bond donors (Lipinski definition) is 0. The van der Waals surface area contributed by atoms with Crippen LogP contribution in [0.5, 0.6) is 0 Å². The first-order valence-corrected chi connectivity index (χ1v) is 21.7. The van der Waals surface area contributed by atoms with Gasteiger partial charge in [0.05, 0.1) is 0 Å². The summed E-state index contributed by atoms with van der Waals surface area (Å²) in [5.74, 6) is 0. The number of aryl methyl sites for hydroxylation is 8. The lowest BCUT2D eigenvalue weighted by molar-refractivity contribution is 0.448. The van der Waals surface area contributed by atoms with E-state index in [0.717, 1.165) is 11.4 Å². The molecular formula is C56H58N2. The first-order valence-electron chi connectivity index (χ1n) is 21.7. The zero-order valence-corrected chi connectivity index (χ0v) is 35.9. The summed E-state index contributed by atoms with van der Waals surface area (Å²) in [7, 11) is 0. The van der Waals surface area contributed by atoms with Gasteiger partial charge in [0.25, 0.3) is 0 Å². The Bertz CT molecular complexity index is 2420. The van der Waals surface area contributed by atoms with E-state index in [2.05, 4.69) is 165 Å². The minimum Gasteiger partial charge on any atom is -0.258 e. The number of nitrogens with zero attached hydrogens (tertiary/aromatic N) is 2. The number of fused-ring (bicyclic) bond motifs is 6. The Labute approximate surface area is 347 Å². The number of benzene rings is 4. The Morgan fingerprint density at radius 1 is 0.397 bits per heavy atom. The molecule has 2 nitrogen and oxygen atoms in total. The van der Waals surface area contributed by atoms with Gasteiger partial charge in [0, 0.05) is 33.6 Å². The van der Waals surface area contributed by atoms with Crippen molar-refractivity contribution in [1.29, 1.82) is 0 Å². The molecule has 0 N–H and O–H groups in total. The molecule has 2 heterocycles. The molecule has 0 saturated heterocycles. The van der Waals surface area contributed by atoms with Gasteiger partial charge in [0.15, 0.2) is 0 Å². The monoisotopic (exact) mass is 758 g/mol. The number of pyridine rings is 2. The van der Waals surface area contributed by atoms with Crippen molar-refractivity contribution in [3.8, 4) is 0 Å². The number of allylic oxidation sites excluding steroid dienone is 2. The molecule has 2 fully saturated rings. The van der Waals surface area contributed by atoms with E-state index in [1.165, 1.54) is 141 Å². The predicted octanol–water partition coefficient (Wildman–Crippen LogP) is 14.0. The Balaban J connectivity index is 0.000000150. The minimum atomic E-state index is -0.0215. The molecular weight excluding hydrogens is 701 g/mol. The third-order valence-corrected chi connectivity index (χ3v) is 13.9. The Hall–Kier alpha value is -5.34. The van der Waals surface area contributed by atoms with Crippen molar-refractivity contribution >= 4 is 11.1 Å². The predicted molar refractivity (Wildman–Crippen MR) is 243 cm³/mol. The number of rotatable bonds is 4. The third-order valence-electron chi connectivity index (χ3n) is 13.9. The molecule has 2 heteroatoms. The van der Waals surface area contributed by atoms with Crippen LogP contribution in [0.2, 0.25) is 0 Å². The normalized spacial score (nSPS) is 20.6. The molecule has 4 aliphatic carbocycles. The van der Waals surface area contributed by atoms with Crippen molar-refractivity contribution in [3.63, 3.8) is 0 Å². The fourth-order valence-electron chi connectivity index (χ4n) is 11.5. The van der Waals surface area contributed by atoms with Crippen LogP contribution in [0.3, 0.4) is 0 Å². The second kappa shape index (κ2) is 14.8. The molecule has 10 rings (SSSR count). The van der Waals surface area contributed by atoms with Crippen LogP contribution in [-0.2, 0) is 10.8 Å². The Morgan fingerprint density at radius 2 is 0.724 bits per heavy atom. The number of aromatic nitrogens is 2. The smallest absolute Gasteiger partial charge is 0.0444 e. The van der Waals surface area contributed by atoms with E-state index in [1.807, 2.05) is 0 Å². The highest BCUT2D eigenvalue weighted by Crippen LogP contribution is 2.60. The molecule has 4 aliphatic rings. The van der Waals surface area contributed by atoms with E-state index >= 15 is 0 Å². The van der Waals surface area contributed by atoms with Gasteiger partial charge in [-0.05, 0) is 173 Å². The standard InChI is InChI=1S/2C28H29N/c2*1-18-8-12-22(13-9-18)26-24-17-20(3)29-21(4)27(24)28(16-6-5-7-25(26)28)23-14-10-19(2)11-15-23/h2*8-15,17H,5-7,16H2,1-4H3/t2*28-/m10/s1. The maximum absolute atomic E-state index is 4.94. The van der Waals surface area contributed by atoms with Gasteiger partial charge in [-0.2, -0.15) is 0 Å². The summed E-state index contributed by atoms with van der Waals surface area (Å²) in [5.41, 5.74) is 27.3. The van der Waals surface area contributed by atoms with E-state index in [9.17, 15) is 0 Å². The quantitative estimate of drug-likeness (QED) is 0.179. The van der Waals surface area contributed by atoms with Crippen LogP contribution in [0.25, 0.3) is 11.1 Å². The molecule has 2 atom stereocenters. The topological polar surface area (TPSA) is 25.8 Å². The molecule has 0 amide bonds. The van der Waals surface area contributed by atoms with Gasteiger partial charge < -0.3 is 0 Å². The maximum atomic E-state index is 4.94. The van der Waals surface area contributed by atoms with E-state index in [-0.39, 0.29) is 10.8 Å². The lowest BCUT2D eigenvalue weighted by atomic mass is 9.64. The van der Waals surface area contributed by atoms with E-state index in [0.29, 0.717) is 0 Å². The molecule has 4 aromatic carbocycles. The van der Waals surface area contributed by atoms with Crippen molar-refractivity contribution in [2.24, 2.45) is 0 Å². The molecule has 0 bridgehead atoms. The van der Waals surface area contributed by atoms with Crippen molar-refractivity contribution in [2.45, 2.75) is 118 Å². The van der Waals surface area contributed by atoms with Gasteiger partial charge in [-0.1, -0.05) is 132 Å². The van der Waals surface area contributed by atoms with Crippen LogP contribution in [0, 0.1) is 55.4 Å². The molecule has 292 valence electrons. The summed E-state index contributed by atoms with van der Waals surface area (Å²) in [5, 5.41) is 0. The molecule has 0 radical (unpaired) electrons.